The quantitative estimate of drug-likeness (QED) is 0.336. The first-order valence-corrected chi connectivity index (χ1v) is 3.60. The van der Waals surface area contributed by atoms with Crippen LogP contribution in [0.3, 0.4) is 0 Å². The smallest absolute Gasteiger partial charge is 0.120 e. The number of nitrogens with zero attached hydrogens (tertiary/aromatic N) is 1. The fourth-order valence-corrected chi connectivity index (χ4v) is 1.13. The molecule has 0 bridgehead atoms. The molecule has 0 spiro atoms. The molecule has 0 amide bonds. The Labute approximate surface area is 72.9 Å². The van der Waals surface area contributed by atoms with E-state index in [2.05, 4.69) is 0 Å². The highest BCUT2D eigenvalue weighted by Gasteiger charge is 2.25. The number of ether oxygens (including phenoxy) is 1. The van der Waals surface area contributed by atoms with Crippen molar-refractivity contribution in [2.24, 2.45) is 5.84 Å². The molecular weight excluding hydrogens is 168 g/mol. The van der Waals surface area contributed by atoms with Gasteiger partial charge in [-0.2, -0.15) is 5.84 Å². The molecule has 0 atom stereocenters. The van der Waals surface area contributed by atoms with Crippen LogP contribution in [0.5, 0.6) is 0 Å². The van der Waals surface area contributed by atoms with Gasteiger partial charge in [0.15, 0.2) is 0 Å². The average molecular weight is 183 g/mol. The Morgan fingerprint density at radius 3 is 2.36 bits per heavy atom. The van der Waals surface area contributed by atoms with E-state index in [-0.39, 0.29) is 19.0 Å². The second kappa shape index (κ2) is 4.90. The highest BCUT2D eigenvalue weighted by molar-refractivity contribution is 4.44. The van der Waals surface area contributed by atoms with Crippen molar-refractivity contribution in [3.05, 3.63) is 0 Å². The van der Waals surface area contributed by atoms with E-state index < -0.39 is 0 Å². The molecular formula is C6H15ClN2O2. The molecule has 1 aliphatic rings. The summed E-state index contributed by atoms with van der Waals surface area (Å²) in [6.07, 6.45) is 0. The SMILES string of the molecule is N[N+]1(CCO)CCOCC1.[Cl-]. The van der Waals surface area contributed by atoms with Crippen LogP contribution in [0.4, 0.5) is 0 Å². The van der Waals surface area contributed by atoms with Gasteiger partial charge in [0.1, 0.15) is 19.6 Å². The van der Waals surface area contributed by atoms with E-state index >= 15 is 0 Å². The topological polar surface area (TPSA) is 55.5 Å². The van der Waals surface area contributed by atoms with Crippen LogP contribution < -0.4 is 18.2 Å². The fourth-order valence-electron chi connectivity index (χ4n) is 1.13. The molecule has 11 heavy (non-hydrogen) atoms. The second-order valence-corrected chi connectivity index (χ2v) is 2.73. The van der Waals surface area contributed by atoms with Crippen molar-refractivity contribution in [1.29, 1.82) is 0 Å². The van der Waals surface area contributed by atoms with E-state index in [1.807, 2.05) is 0 Å². The molecule has 5 heteroatoms. The summed E-state index contributed by atoms with van der Waals surface area (Å²) in [7, 11) is 0. The largest absolute Gasteiger partial charge is 1.00 e. The minimum atomic E-state index is 0. The number of aliphatic hydroxyl groups is 1. The summed E-state index contributed by atoms with van der Waals surface area (Å²) in [5.41, 5.74) is 0. The molecule has 4 nitrogen and oxygen atoms in total. The zero-order chi connectivity index (χ0) is 7.45. The lowest BCUT2D eigenvalue weighted by Gasteiger charge is -2.35. The van der Waals surface area contributed by atoms with Crippen molar-refractivity contribution in [2.45, 2.75) is 0 Å². The number of quaternary nitrogens is 1. The average Bonchev–Trinajstić information content (AvgIpc) is 1.89. The molecule has 3 N–H and O–H groups in total. The Bertz CT molecular complexity index is 101. The summed E-state index contributed by atoms with van der Waals surface area (Å²) in [5, 5.41) is 8.65. The highest BCUT2D eigenvalue weighted by Crippen LogP contribution is 2.02. The van der Waals surface area contributed by atoms with Crippen LogP contribution in [-0.4, -0.2) is 49.2 Å². The third-order valence-electron chi connectivity index (χ3n) is 1.91. The number of rotatable bonds is 2. The number of halogens is 1. The molecule has 68 valence electrons. The number of morpholine rings is 1. The summed E-state index contributed by atoms with van der Waals surface area (Å²) in [6.45, 7) is 3.88. The monoisotopic (exact) mass is 182 g/mol. The maximum absolute atomic E-state index is 8.65. The van der Waals surface area contributed by atoms with E-state index in [0.29, 0.717) is 11.1 Å². The molecule has 0 radical (unpaired) electrons. The standard InChI is InChI=1S/C6H15N2O2.ClH/c7-8(1-4-9)2-5-10-6-3-8;/h9H,1-7H2;1H/q+1;/p-1. The molecule has 0 saturated carbocycles. The first kappa shape index (κ1) is 11.1. The van der Waals surface area contributed by atoms with Crippen molar-refractivity contribution in [3.63, 3.8) is 0 Å². The van der Waals surface area contributed by atoms with Crippen molar-refractivity contribution in [1.82, 2.24) is 0 Å². The molecule has 1 aliphatic heterocycles. The molecule has 0 aromatic heterocycles. The molecule has 0 aliphatic carbocycles. The first-order chi connectivity index (χ1) is 4.77. The van der Waals surface area contributed by atoms with Gasteiger partial charge in [-0.3, -0.25) is 0 Å². The van der Waals surface area contributed by atoms with Gasteiger partial charge >= 0.3 is 0 Å². The van der Waals surface area contributed by atoms with Crippen LogP contribution >= 0.6 is 0 Å². The van der Waals surface area contributed by atoms with Gasteiger partial charge in [0.2, 0.25) is 0 Å². The zero-order valence-corrected chi connectivity index (χ0v) is 7.26. The highest BCUT2D eigenvalue weighted by atomic mass is 35.5. The van der Waals surface area contributed by atoms with Gasteiger partial charge in [0, 0.05) is 0 Å². The Kier molecular flexibility index (Phi) is 4.96. The van der Waals surface area contributed by atoms with E-state index in [1.54, 1.807) is 0 Å². The molecule has 1 saturated heterocycles. The zero-order valence-electron chi connectivity index (χ0n) is 6.50. The predicted octanol–water partition coefficient (Wildman–Crippen LogP) is -4.30. The fraction of sp³-hybridized carbons (Fsp3) is 1.00. The Hall–Kier alpha value is 0.130. The summed E-state index contributed by atoms with van der Waals surface area (Å²) < 4.78 is 5.60. The lowest BCUT2D eigenvalue weighted by Crippen LogP contribution is -3.00. The molecule has 0 unspecified atom stereocenters. The Balaban J connectivity index is 0.000001000. The maximum atomic E-state index is 8.65. The molecule has 1 rings (SSSR count). The van der Waals surface area contributed by atoms with Crippen molar-refractivity contribution in [2.75, 3.05) is 39.5 Å². The predicted molar refractivity (Wildman–Crippen MR) is 37.0 cm³/mol. The summed E-state index contributed by atoms with van der Waals surface area (Å²) >= 11 is 0. The third-order valence-corrected chi connectivity index (χ3v) is 1.91. The van der Waals surface area contributed by atoms with Crippen molar-refractivity contribution >= 4 is 0 Å². The summed E-state index contributed by atoms with van der Waals surface area (Å²) in [4.78, 5) is 0. The Morgan fingerprint density at radius 2 is 1.91 bits per heavy atom. The van der Waals surface area contributed by atoms with E-state index in [4.69, 9.17) is 15.7 Å². The van der Waals surface area contributed by atoms with Crippen molar-refractivity contribution in [3.8, 4) is 0 Å². The maximum Gasteiger partial charge on any atom is 0.120 e. The number of nitrogens with two attached hydrogens (primary N) is 1. The van der Waals surface area contributed by atoms with Gasteiger partial charge < -0.3 is 22.3 Å². The van der Waals surface area contributed by atoms with Gasteiger partial charge in [-0.1, -0.05) is 0 Å². The number of hydrogen-bond acceptors (Lipinski definition) is 3. The minimum absolute atomic E-state index is 0. The van der Waals surface area contributed by atoms with E-state index in [9.17, 15) is 0 Å². The Morgan fingerprint density at radius 1 is 1.36 bits per heavy atom. The van der Waals surface area contributed by atoms with Crippen LogP contribution in [0.1, 0.15) is 0 Å². The van der Waals surface area contributed by atoms with E-state index in [1.165, 1.54) is 0 Å². The molecule has 0 aromatic rings. The van der Waals surface area contributed by atoms with Crippen LogP contribution in [0.2, 0.25) is 0 Å². The van der Waals surface area contributed by atoms with Crippen LogP contribution in [0.25, 0.3) is 0 Å². The molecule has 1 heterocycles. The van der Waals surface area contributed by atoms with Crippen molar-refractivity contribution < 1.29 is 26.8 Å². The van der Waals surface area contributed by atoms with E-state index in [0.717, 1.165) is 26.3 Å². The van der Waals surface area contributed by atoms with Gasteiger partial charge in [-0.05, 0) is 0 Å². The van der Waals surface area contributed by atoms with Gasteiger partial charge in [0.25, 0.3) is 0 Å². The summed E-state index contributed by atoms with van der Waals surface area (Å²) in [6, 6.07) is 0. The molecule has 0 aromatic carbocycles. The van der Waals surface area contributed by atoms with Crippen LogP contribution in [0, 0.1) is 0 Å². The van der Waals surface area contributed by atoms with Crippen LogP contribution in [-0.2, 0) is 4.74 Å². The lowest BCUT2D eigenvalue weighted by molar-refractivity contribution is -0.946. The third kappa shape index (κ3) is 3.35. The van der Waals surface area contributed by atoms with Crippen LogP contribution in [0.15, 0.2) is 0 Å². The van der Waals surface area contributed by atoms with Gasteiger partial charge in [0.05, 0.1) is 19.8 Å². The van der Waals surface area contributed by atoms with Gasteiger partial charge in [-0.25, -0.2) is 4.59 Å². The number of hydrogen-bond donors (Lipinski definition) is 2. The molecule has 1 fully saturated rings. The number of aliphatic hydroxyl groups excluding tert-OH is 1. The normalized spacial score (nSPS) is 22.4. The summed E-state index contributed by atoms with van der Waals surface area (Å²) in [5.74, 6) is 5.87. The second-order valence-electron chi connectivity index (χ2n) is 2.73. The van der Waals surface area contributed by atoms with Gasteiger partial charge in [-0.15, -0.1) is 0 Å². The first-order valence-electron chi connectivity index (χ1n) is 3.60. The lowest BCUT2D eigenvalue weighted by atomic mass is 10.4. The minimum Gasteiger partial charge on any atom is -1.00 e.